The number of fused-ring (bicyclic) bond motifs is 1. The van der Waals surface area contributed by atoms with Crippen LogP contribution in [0.1, 0.15) is 33.1 Å². The maximum absolute atomic E-state index is 12.8. The predicted octanol–water partition coefficient (Wildman–Crippen LogP) is 3.09. The molecule has 2 aliphatic heterocycles. The van der Waals surface area contributed by atoms with E-state index in [1.807, 2.05) is 20.2 Å². The van der Waals surface area contributed by atoms with Gasteiger partial charge in [0.2, 0.25) is 17.7 Å². The molecule has 1 fully saturated rings. The Hall–Kier alpha value is -1.77. The SMILES string of the molecule is CN(C)CC(C)(C)CNC(=O)C1CCN(C(=O)CC2Sc3ccc(Cl)cc3NC2=O)CC1. The quantitative estimate of drug-likeness (QED) is 0.626. The molecule has 0 aromatic heterocycles. The fourth-order valence-electron chi connectivity index (χ4n) is 4.32. The average molecular weight is 481 g/mol. The van der Waals surface area contributed by atoms with Crippen LogP contribution in [0, 0.1) is 11.3 Å². The summed E-state index contributed by atoms with van der Waals surface area (Å²) in [7, 11) is 4.06. The van der Waals surface area contributed by atoms with Crippen LogP contribution in [-0.2, 0) is 14.4 Å². The molecule has 3 amide bonds. The highest BCUT2D eigenvalue weighted by Gasteiger charge is 2.33. The molecule has 1 saturated heterocycles. The Labute approximate surface area is 199 Å². The van der Waals surface area contributed by atoms with Crippen LogP contribution in [0.4, 0.5) is 5.69 Å². The lowest BCUT2D eigenvalue weighted by atomic mass is 9.91. The number of hydrogen-bond donors (Lipinski definition) is 2. The van der Waals surface area contributed by atoms with E-state index < -0.39 is 5.25 Å². The van der Waals surface area contributed by atoms with E-state index >= 15 is 0 Å². The first-order valence-corrected chi connectivity index (χ1v) is 12.3. The number of carbonyl (C=O) groups excluding carboxylic acids is 3. The van der Waals surface area contributed by atoms with E-state index in [-0.39, 0.29) is 35.5 Å². The number of likely N-dealkylation sites (tertiary alicyclic amines) is 1. The van der Waals surface area contributed by atoms with Crippen molar-refractivity contribution in [3.05, 3.63) is 23.2 Å². The number of hydrogen-bond acceptors (Lipinski definition) is 5. The summed E-state index contributed by atoms with van der Waals surface area (Å²) in [4.78, 5) is 42.7. The normalized spacial score (nSPS) is 19.5. The minimum absolute atomic E-state index is 0.00197. The van der Waals surface area contributed by atoms with Crippen molar-refractivity contribution in [2.75, 3.05) is 45.6 Å². The van der Waals surface area contributed by atoms with Crippen LogP contribution < -0.4 is 10.6 Å². The van der Waals surface area contributed by atoms with Gasteiger partial charge in [0.15, 0.2) is 0 Å². The first-order valence-electron chi connectivity index (χ1n) is 11.0. The molecular formula is C23H33ClN4O3S. The number of thioether (sulfide) groups is 1. The lowest BCUT2D eigenvalue weighted by Gasteiger charge is -2.34. The van der Waals surface area contributed by atoms with Crippen LogP contribution in [0.25, 0.3) is 0 Å². The Bertz CT molecular complexity index is 869. The Kier molecular flexibility index (Phi) is 8.11. The predicted molar refractivity (Wildman–Crippen MR) is 129 cm³/mol. The van der Waals surface area contributed by atoms with Gasteiger partial charge in [0.05, 0.1) is 10.9 Å². The monoisotopic (exact) mass is 480 g/mol. The molecule has 1 aromatic carbocycles. The molecule has 2 N–H and O–H groups in total. The van der Waals surface area contributed by atoms with E-state index in [2.05, 4.69) is 29.4 Å². The minimum Gasteiger partial charge on any atom is -0.355 e. The summed E-state index contributed by atoms with van der Waals surface area (Å²) in [6.07, 6.45) is 1.45. The number of rotatable bonds is 7. The zero-order valence-corrected chi connectivity index (χ0v) is 20.8. The van der Waals surface area contributed by atoms with Crippen LogP contribution in [0.2, 0.25) is 5.02 Å². The second-order valence-corrected chi connectivity index (χ2v) is 11.4. The number of benzene rings is 1. The molecule has 176 valence electrons. The van der Waals surface area contributed by atoms with E-state index in [1.54, 1.807) is 17.0 Å². The topological polar surface area (TPSA) is 81.8 Å². The fourth-order valence-corrected chi connectivity index (χ4v) is 5.57. The molecule has 1 atom stereocenters. The number of carbonyl (C=O) groups is 3. The molecule has 32 heavy (non-hydrogen) atoms. The van der Waals surface area contributed by atoms with Crippen molar-refractivity contribution in [2.45, 2.75) is 43.3 Å². The number of nitrogens with zero attached hydrogens (tertiary/aromatic N) is 2. The molecule has 0 spiro atoms. The van der Waals surface area contributed by atoms with Gasteiger partial charge in [-0.05, 0) is 50.6 Å². The molecule has 3 rings (SSSR count). The molecule has 7 nitrogen and oxygen atoms in total. The lowest BCUT2D eigenvalue weighted by Crippen LogP contribution is -2.46. The van der Waals surface area contributed by atoms with E-state index in [4.69, 9.17) is 11.6 Å². The number of nitrogens with one attached hydrogen (secondary N) is 2. The summed E-state index contributed by atoms with van der Waals surface area (Å²) < 4.78 is 0. The van der Waals surface area contributed by atoms with Crippen LogP contribution in [0.3, 0.4) is 0 Å². The van der Waals surface area contributed by atoms with Gasteiger partial charge < -0.3 is 20.4 Å². The van der Waals surface area contributed by atoms with Gasteiger partial charge >= 0.3 is 0 Å². The average Bonchev–Trinajstić information content (AvgIpc) is 2.72. The van der Waals surface area contributed by atoms with Gasteiger partial charge in [0.1, 0.15) is 0 Å². The molecule has 0 radical (unpaired) electrons. The third-order valence-electron chi connectivity index (χ3n) is 5.83. The minimum atomic E-state index is -0.462. The molecule has 0 saturated carbocycles. The standard InChI is InChI=1S/C23H33ClN4O3S/c1-23(2,14-27(3)4)13-25-21(30)15-7-9-28(10-8-15)20(29)12-19-22(31)26-17-11-16(24)5-6-18(17)32-19/h5-6,11,15,19H,7-10,12-14H2,1-4H3,(H,25,30)(H,26,31). The largest absolute Gasteiger partial charge is 0.355 e. The van der Waals surface area contributed by atoms with Gasteiger partial charge in [-0.15, -0.1) is 11.8 Å². The first-order chi connectivity index (χ1) is 15.0. The number of piperidine rings is 1. The Morgan fingerprint density at radius 2 is 1.97 bits per heavy atom. The summed E-state index contributed by atoms with van der Waals surface area (Å²) >= 11 is 7.39. The zero-order chi connectivity index (χ0) is 23.5. The number of anilines is 1. The van der Waals surface area contributed by atoms with E-state index in [0.29, 0.717) is 43.2 Å². The third-order valence-corrected chi connectivity index (χ3v) is 7.34. The summed E-state index contributed by atoms with van der Waals surface area (Å²) in [5, 5.41) is 6.04. The van der Waals surface area contributed by atoms with Crippen molar-refractivity contribution in [1.29, 1.82) is 0 Å². The van der Waals surface area contributed by atoms with E-state index in [9.17, 15) is 14.4 Å². The van der Waals surface area contributed by atoms with Crippen LogP contribution in [0.15, 0.2) is 23.1 Å². The van der Waals surface area contributed by atoms with Gasteiger partial charge in [-0.25, -0.2) is 0 Å². The van der Waals surface area contributed by atoms with Crippen molar-refractivity contribution >= 4 is 46.8 Å². The van der Waals surface area contributed by atoms with Crippen molar-refractivity contribution < 1.29 is 14.4 Å². The van der Waals surface area contributed by atoms with Crippen molar-refractivity contribution in [2.24, 2.45) is 11.3 Å². The number of halogens is 1. The first kappa shape index (κ1) is 24.9. The maximum Gasteiger partial charge on any atom is 0.238 e. The third kappa shape index (κ3) is 6.62. The molecule has 2 aliphatic rings. The van der Waals surface area contributed by atoms with E-state index in [0.717, 1.165) is 11.4 Å². The van der Waals surface area contributed by atoms with Gasteiger partial charge in [-0.3, -0.25) is 14.4 Å². The van der Waals surface area contributed by atoms with Crippen molar-refractivity contribution in [3.63, 3.8) is 0 Å². The molecule has 0 aliphatic carbocycles. The molecule has 9 heteroatoms. The van der Waals surface area contributed by atoms with Crippen LogP contribution in [-0.4, -0.2) is 73.0 Å². The van der Waals surface area contributed by atoms with Gasteiger partial charge in [0, 0.05) is 48.4 Å². The summed E-state index contributed by atoms with van der Waals surface area (Å²) in [6.45, 7) is 6.89. The fraction of sp³-hybridized carbons (Fsp3) is 0.609. The molecule has 1 unspecified atom stereocenters. The Balaban J connectivity index is 1.46. The second-order valence-electron chi connectivity index (χ2n) is 9.72. The molecule has 0 bridgehead atoms. The van der Waals surface area contributed by atoms with Crippen molar-refractivity contribution in [3.8, 4) is 0 Å². The summed E-state index contributed by atoms with van der Waals surface area (Å²) in [6, 6.07) is 5.36. The van der Waals surface area contributed by atoms with Gasteiger partial charge in [-0.1, -0.05) is 25.4 Å². The second kappa shape index (κ2) is 10.4. The van der Waals surface area contributed by atoms with Crippen LogP contribution in [0.5, 0.6) is 0 Å². The maximum atomic E-state index is 12.8. The Morgan fingerprint density at radius 3 is 2.62 bits per heavy atom. The highest BCUT2D eigenvalue weighted by atomic mass is 35.5. The summed E-state index contributed by atoms with van der Waals surface area (Å²) in [5.74, 6) is -0.214. The Morgan fingerprint density at radius 1 is 1.28 bits per heavy atom. The molecule has 2 heterocycles. The van der Waals surface area contributed by atoms with Crippen LogP contribution >= 0.6 is 23.4 Å². The van der Waals surface area contributed by atoms with Gasteiger partial charge in [-0.2, -0.15) is 0 Å². The molecular weight excluding hydrogens is 448 g/mol. The smallest absolute Gasteiger partial charge is 0.238 e. The number of amides is 3. The van der Waals surface area contributed by atoms with E-state index in [1.165, 1.54) is 11.8 Å². The highest BCUT2D eigenvalue weighted by Crippen LogP contribution is 2.38. The van der Waals surface area contributed by atoms with Gasteiger partial charge in [0.25, 0.3) is 0 Å². The zero-order valence-electron chi connectivity index (χ0n) is 19.2. The molecule has 1 aromatic rings. The van der Waals surface area contributed by atoms with Crippen molar-refractivity contribution in [1.82, 2.24) is 15.1 Å². The summed E-state index contributed by atoms with van der Waals surface area (Å²) in [5.41, 5.74) is 0.689. The lowest BCUT2D eigenvalue weighted by molar-refractivity contribution is -0.136. The highest BCUT2D eigenvalue weighted by molar-refractivity contribution is 8.01.